The molecular weight excluding hydrogens is 168 g/mol. The summed E-state index contributed by atoms with van der Waals surface area (Å²) in [7, 11) is 0. The standard InChI is InChI=1S/C9H8N2O2/c1-7-5-9-8(11(13)6-7)3-2-4-10(9)12/h2-6H,1H3. The van der Waals surface area contributed by atoms with E-state index in [1.54, 1.807) is 25.1 Å². The number of fused-ring (bicyclic) bond motifs is 1. The highest BCUT2D eigenvalue weighted by molar-refractivity contribution is 5.53. The summed E-state index contributed by atoms with van der Waals surface area (Å²) in [6.45, 7) is 1.78. The number of aromatic nitrogens is 2. The van der Waals surface area contributed by atoms with Crippen LogP contribution in [0, 0.1) is 17.0 Å². The molecular formula is C9H8N2O2. The van der Waals surface area contributed by atoms with E-state index in [-0.39, 0.29) is 0 Å². The first-order chi connectivity index (χ1) is 6.18. The molecule has 0 N–H and O–H groups in total. The summed E-state index contributed by atoms with van der Waals surface area (Å²) in [5, 5.41) is 11.2. The Morgan fingerprint density at radius 2 is 2.31 bits per heavy atom. The van der Waals surface area contributed by atoms with Crippen LogP contribution in [-0.2, 0) is 0 Å². The van der Waals surface area contributed by atoms with Gasteiger partial charge in [-0.05, 0) is 25.3 Å². The van der Waals surface area contributed by atoms with Crippen molar-refractivity contribution in [1.82, 2.24) is 4.73 Å². The molecule has 0 radical (unpaired) electrons. The third-order valence-corrected chi connectivity index (χ3v) is 1.90. The highest BCUT2D eigenvalue weighted by atomic mass is 16.5. The predicted molar refractivity (Wildman–Crippen MR) is 47.9 cm³/mol. The van der Waals surface area contributed by atoms with Crippen LogP contribution in [0.3, 0.4) is 0 Å². The molecule has 0 spiro atoms. The molecule has 4 nitrogen and oxygen atoms in total. The fourth-order valence-corrected chi connectivity index (χ4v) is 1.32. The van der Waals surface area contributed by atoms with Crippen molar-refractivity contribution in [2.45, 2.75) is 6.92 Å². The number of nitrogens with zero attached hydrogens (tertiary/aromatic N) is 2. The minimum Gasteiger partial charge on any atom is -0.805 e. The molecule has 2 heterocycles. The van der Waals surface area contributed by atoms with Crippen molar-refractivity contribution in [2.75, 3.05) is 0 Å². The lowest BCUT2D eigenvalue weighted by Crippen LogP contribution is -2.20. The minimum absolute atomic E-state index is 0.392. The Bertz CT molecular complexity index is 476. The van der Waals surface area contributed by atoms with Crippen LogP contribution >= 0.6 is 0 Å². The van der Waals surface area contributed by atoms with Crippen LogP contribution < -0.4 is 4.43 Å². The molecule has 13 heavy (non-hydrogen) atoms. The van der Waals surface area contributed by atoms with Gasteiger partial charge in [-0.25, -0.2) is 0 Å². The Kier molecular flexibility index (Phi) is 1.55. The second-order valence-corrected chi connectivity index (χ2v) is 2.95. The van der Waals surface area contributed by atoms with E-state index in [9.17, 15) is 10.1 Å². The van der Waals surface area contributed by atoms with Gasteiger partial charge in [-0.3, -0.25) is 0 Å². The summed E-state index contributed by atoms with van der Waals surface area (Å²) in [5.41, 5.74) is 1.57. The molecule has 0 aromatic rings. The molecule has 0 unspecified atom stereocenters. The van der Waals surface area contributed by atoms with E-state index in [1.165, 1.54) is 12.4 Å². The largest absolute Gasteiger partial charge is 0.805 e. The summed E-state index contributed by atoms with van der Waals surface area (Å²) < 4.78 is 1.40. The topological polar surface area (TPSA) is 51.0 Å². The molecule has 0 amide bonds. The van der Waals surface area contributed by atoms with E-state index in [0.717, 1.165) is 5.56 Å². The average Bonchev–Trinajstić information content (AvgIpc) is 2.07. The van der Waals surface area contributed by atoms with Crippen molar-refractivity contribution in [2.24, 2.45) is 0 Å². The fourth-order valence-electron chi connectivity index (χ4n) is 1.32. The first kappa shape index (κ1) is 7.79. The Morgan fingerprint density at radius 3 is 3.08 bits per heavy atom. The molecule has 2 aliphatic rings. The predicted octanol–water partition coefficient (Wildman–Crippen LogP) is 1.16. The zero-order valence-corrected chi connectivity index (χ0v) is 7.10. The maximum Gasteiger partial charge on any atom is 0.285 e. The van der Waals surface area contributed by atoms with E-state index in [1.807, 2.05) is 0 Å². The molecule has 0 atom stereocenters. The fraction of sp³-hybridized carbons (Fsp3) is 0.111. The lowest BCUT2D eigenvalue weighted by atomic mass is 10.2. The van der Waals surface area contributed by atoms with Gasteiger partial charge in [0.2, 0.25) is 6.20 Å². The SMILES string of the molecule is Cc1cc2n([O-])cccc-2[n+](=O)c1. The summed E-state index contributed by atoms with van der Waals surface area (Å²) >= 11 is 0. The summed E-state index contributed by atoms with van der Waals surface area (Å²) in [6, 6.07) is 4.87. The van der Waals surface area contributed by atoms with Crippen molar-refractivity contribution >= 4 is 0 Å². The van der Waals surface area contributed by atoms with Gasteiger partial charge in [0, 0.05) is 16.5 Å². The van der Waals surface area contributed by atoms with E-state index in [2.05, 4.69) is 0 Å². The Balaban J connectivity index is 2.92. The number of hydrogen-bond acceptors (Lipinski definition) is 2. The van der Waals surface area contributed by atoms with Gasteiger partial charge in [0.15, 0.2) is 0 Å². The zero-order valence-electron chi connectivity index (χ0n) is 7.10. The van der Waals surface area contributed by atoms with Crippen molar-refractivity contribution in [3.8, 4) is 11.4 Å². The van der Waals surface area contributed by atoms with Gasteiger partial charge in [-0.2, -0.15) is 0 Å². The third kappa shape index (κ3) is 1.16. The van der Waals surface area contributed by atoms with Crippen LogP contribution in [-0.4, -0.2) is 4.73 Å². The quantitative estimate of drug-likeness (QED) is 0.565. The molecule has 0 bridgehead atoms. The first-order valence-corrected chi connectivity index (χ1v) is 3.90. The van der Waals surface area contributed by atoms with Crippen LogP contribution in [0.4, 0.5) is 0 Å². The van der Waals surface area contributed by atoms with Gasteiger partial charge in [0.05, 0.1) is 4.43 Å². The monoisotopic (exact) mass is 176 g/mol. The summed E-state index contributed by atoms with van der Waals surface area (Å²) in [5.74, 6) is 0. The van der Waals surface area contributed by atoms with Crippen molar-refractivity contribution in [3.63, 3.8) is 0 Å². The van der Waals surface area contributed by atoms with E-state index >= 15 is 0 Å². The maximum absolute atomic E-state index is 11.3. The number of rotatable bonds is 0. The zero-order chi connectivity index (χ0) is 9.42. The Hall–Kier alpha value is -1.84. The third-order valence-electron chi connectivity index (χ3n) is 1.90. The second kappa shape index (κ2) is 2.58. The van der Waals surface area contributed by atoms with Gasteiger partial charge in [-0.1, -0.05) is 0 Å². The van der Waals surface area contributed by atoms with Crippen LogP contribution in [0.25, 0.3) is 11.4 Å². The molecule has 66 valence electrons. The van der Waals surface area contributed by atoms with Crippen LogP contribution in [0.5, 0.6) is 0 Å². The maximum atomic E-state index is 11.3. The molecule has 2 aliphatic heterocycles. The molecule has 0 aromatic carbocycles. The normalized spacial score (nSPS) is 10.5. The van der Waals surface area contributed by atoms with Crippen molar-refractivity contribution < 1.29 is 4.43 Å². The minimum atomic E-state index is 0.392. The molecule has 4 heteroatoms. The van der Waals surface area contributed by atoms with Crippen LogP contribution in [0.1, 0.15) is 5.56 Å². The van der Waals surface area contributed by atoms with E-state index < -0.39 is 0 Å². The van der Waals surface area contributed by atoms with Crippen molar-refractivity contribution in [1.29, 1.82) is 0 Å². The van der Waals surface area contributed by atoms with Gasteiger partial charge >= 0.3 is 0 Å². The smallest absolute Gasteiger partial charge is 0.285 e. The Morgan fingerprint density at radius 1 is 1.54 bits per heavy atom. The van der Waals surface area contributed by atoms with Gasteiger partial charge < -0.3 is 9.94 Å². The molecule has 0 saturated carbocycles. The lowest BCUT2D eigenvalue weighted by Gasteiger charge is -2.14. The molecule has 2 rings (SSSR count). The average molecular weight is 176 g/mol. The van der Waals surface area contributed by atoms with Crippen LogP contribution in [0.15, 0.2) is 30.6 Å². The van der Waals surface area contributed by atoms with E-state index in [0.29, 0.717) is 20.5 Å². The number of aryl methyl sites for hydroxylation is 1. The lowest BCUT2D eigenvalue weighted by molar-refractivity contribution is -0.483. The van der Waals surface area contributed by atoms with Crippen LogP contribution in [0.2, 0.25) is 0 Å². The van der Waals surface area contributed by atoms with Gasteiger partial charge in [-0.15, -0.1) is 0 Å². The first-order valence-electron chi connectivity index (χ1n) is 3.90. The molecule has 0 aliphatic carbocycles. The van der Waals surface area contributed by atoms with Crippen molar-refractivity contribution in [3.05, 3.63) is 46.3 Å². The summed E-state index contributed by atoms with van der Waals surface area (Å²) in [6.07, 6.45) is 2.82. The molecule has 0 fully saturated rings. The number of hydrogen-bond donors (Lipinski definition) is 0. The van der Waals surface area contributed by atoms with Gasteiger partial charge in [0.1, 0.15) is 5.69 Å². The number of pyridine rings is 2. The molecule has 0 aromatic heterocycles. The summed E-state index contributed by atoms with van der Waals surface area (Å²) in [4.78, 5) is 11.3. The second-order valence-electron chi connectivity index (χ2n) is 2.95. The highest BCUT2D eigenvalue weighted by Crippen LogP contribution is 2.16. The Labute approximate surface area is 74.6 Å². The van der Waals surface area contributed by atoms with Gasteiger partial charge in [0.25, 0.3) is 5.69 Å². The van der Waals surface area contributed by atoms with E-state index in [4.69, 9.17) is 0 Å². The molecule has 0 saturated heterocycles. The highest BCUT2D eigenvalue weighted by Gasteiger charge is 2.14.